The fourth-order valence-electron chi connectivity index (χ4n) is 8.84. The van der Waals surface area contributed by atoms with Gasteiger partial charge in [-0.1, -0.05) is 115 Å². The number of hydrogen-bond donors (Lipinski definition) is 0. The Morgan fingerprint density at radius 3 is 1.58 bits per heavy atom. The van der Waals surface area contributed by atoms with Gasteiger partial charge in [-0.2, -0.15) is 5.26 Å². The van der Waals surface area contributed by atoms with Gasteiger partial charge in [0.1, 0.15) is 0 Å². The Labute approximate surface area is 316 Å². The van der Waals surface area contributed by atoms with Crippen LogP contribution in [0.3, 0.4) is 0 Å². The first-order chi connectivity index (χ1) is 27.2. The molecule has 0 saturated heterocycles. The lowest BCUT2D eigenvalue weighted by molar-refractivity contribution is 1.13. The number of rotatable bonds is 4. The average molecular weight is 700 g/mol. The molecule has 0 bridgehead atoms. The molecule has 0 atom stereocenters. The fraction of sp³-hybridized carbons (Fsp3) is 0. The van der Waals surface area contributed by atoms with Gasteiger partial charge in [0, 0.05) is 49.1 Å². The van der Waals surface area contributed by atoms with Gasteiger partial charge in [0.05, 0.1) is 57.2 Å². The van der Waals surface area contributed by atoms with Crippen molar-refractivity contribution in [3.05, 3.63) is 193 Å². The lowest BCUT2D eigenvalue weighted by Crippen LogP contribution is -2.02. The molecule has 0 spiro atoms. The molecular formula is C50H29N5. The maximum Gasteiger partial charge on any atom is 0.189 e. The topological polar surface area (TPSA) is 42.9 Å². The van der Waals surface area contributed by atoms with Gasteiger partial charge in [0.15, 0.2) is 5.69 Å². The number of nitrogens with zero attached hydrogens (tertiary/aromatic N) is 5. The Hall–Kier alpha value is -7.86. The minimum Gasteiger partial charge on any atom is -0.310 e. The van der Waals surface area contributed by atoms with E-state index < -0.39 is 0 Å². The first-order valence-corrected chi connectivity index (χ1v) is 18.3. The van der Waals surface area contributed by atoms with Crippen LogP contribution in [0.25, 0.3) is 98.5 Å². The summed E-state index contributed by atoms with van der Waals surface area (Å²) in [6.07, 6.45) is 0. The Morgan fingerprint density at radius 1 is 0.436 bits per heavy atom. The summed E-state index contributed by atoms with van der Waals surface area (Å²) in [4.78, 5) is 3.77. The molecule has 0 aliphatic carbocycles. The summed E-state index contributed by atoms with van der Waals surface area (Å²) in [5, 5.41) is 17.6. The molecule has 0 amide bonds. The molecule has 3 aromatic heterocycles. The molecule has 0 fully saturated rings. The molecule has 0 radical (unpaired) electrons. The molecule has 5 heteroatoms. The van der Waals surface area contributed by atoms with E-state index >= 15 is 0 Å². The molecule has 8 aromatic carbocycles. The zero-order chi connectivity index (χ0) is 36.6. The smallest absolute Gasteiger partial charge is 0.189 e. The predicted octanol–water partition coefficient (Wildman–Crippen LogP) is 13.1. The molecule has 11 aromatic rings. The number of fused-ring (bicyclic) bond motifs is 9. The average Bonchev–Trinajstić information content (AvgIpc) is 3.89. The molecule has 0 aliphatic rings. The Bertz CT molecular complexity index is 3420. The van der Waals surface area contributed by atoms with Crippen molar-refractivity contribution >= 4 is 71.1 Å². The van der Waals surface area contributed by atoms with Gasteiger partial charge in [-0.15, -0.1) is 0 Å². The molecule has 254 valence electrons. The van der Waals surface area contributed by atoms with Crippen molar-refractivity contribution in [1.29, 1.82) is 5.26 Å². The number of nitriles is 1. The van der Waals surface area contributed by atoms with Crippen molar-refractivity contribution < 1.29 is 0 Å². The highest BCUT2D eigenvalue weighted by Gasteiger charge is 2.22. The highest BCUT2D eigenvalue weighted by molar-refractivity contribution is 6.15. The third-order valence-electron chi connectivity index (χ3n) is 11.1. The molecule has 0 N–H and O–H groups in total. The fourth-order valence-corrected chi connectivity index (χ4v) is 8.84. The van der Waals surface area contributed by atoms with Crippen LogP contribution >= 0.6 is 0 Å². The number of benzene rings is 8. The Balaban J connectivity index is 1.21. The Morgan fingerprint density at radius 2 is 0.945 bits per heavy atom. The SMILES string of the molecule is [C-]#[N+]c1ccc2c3ccccc3n(-c3cccc(C#N)c3-c3cccc(-n4c5ccccc5c5cccc(-n6c7ccccc7c7ccccc76)c54)c3)c2c1. The second kappa shape index (κ2) is 11.8. The molecule has 5 nitrogen and oxygen atoms in total. The van der Waals surface area contributed by atoms with Gasteiger partial charge < -0.3 is 13.7 Å². The second-order valence-corrected chi connectivity index (χ2v) is 13.9. The molecule has 0 unspecified atom stereocenters. The van der Waals surface area contributed by atoms with Gasteiger partial charge in [-0.25, -0.2) is 4.85 Å². The summed E-state index contributed by atoms with van der Waals surface area (Å²) < 4.78 is 6.99. The van der Waals surface area contributed by atoms with Crippen LogP contribution in [0.15, 0.2) is 176 Å². The van der Waals surface area contributed by atoms with E-state index in [-0.39, 0.29) is 0 Å². The molecule has 0 aliphatic heterocycles. The third-order valence-corrected chi connectivity index (χ3v) is 11.1. The van der Waals surface area contributed by atoms with E-state index in [0.29, 0.717) is 11.3 Å². The van der Waals surface area contributed by atoms with Crippen LogP contribution in [-0.4, -0.2) is 13.7 Å². The predicted molar refractivity (Wildman–Crippen MR) is 226 cm³/mol. The van der Waals surface area contributed by atoms with Crippen molar-refractivity contribution in [3.8, 4) is 34.3 Å². The van der Waals surface area contributed by atoms with Crippen molar-refractivity contribution in [2.75, 3.05) is 0 Å². The second-order valence-electron chi connectivity index (χ2n) is 13.9. The van der Waals surface area contributed by atoms with E-state index in [0.717, 1.165) is 72.1 Å². The largest absolute Gasteiger partial charge is 0.310 e. The van der Waals surface area contributed by atoms with E-state index in [9.17, 15) is 5.26 Å². The van der Waals surface area contributed by atoms with Crippen LogP contribution < -0.4 is 0 Å². The van der Waals surface area contributed by atoms with Crippen LogP contribution in [0, 0.1) is 17.9 Å². The highest BCUT2D eigenvalue weighted by Crippen LogP contribution is 2.42. The van der Waals surface area contributed by atoms with Gasteiger partial charge in [0.25, 0.3) is 0 Å². The summed E-state index contributed by atoms with van der Waals surface area (Å²) in [5.41, 5.74) is 12.4. The number of aromatic nitrogens is 3. The third kappa shape index (κ3) is 4.39. The zero-order valence-electron chi connectivity index (χ0n) is 29.5. The maximum atomic E-state index is 10.7. The molecule has 11 rings (SSSR count). The van der Waals surface area contributed by atoms with Crippen LogP contribution in [0.2, 0.25) is 0 Å². The highest BCUT2D eigenvalue weighted by atomic mass is 15.1. The van der Waals surface area contributed by atoms with Crippen molar-refractivity contribution in [2.45, 2.75) is 0 Å². The molecule has 3 heterocycles. The number of hydrogen-bond acceptors (Lipinski definition) is 1. The minimum absolute atomic E-state index is 0.571. The van der Waals surface area contributed by atoms with E-state index in [1.165, 1.54) is 21.5 Å². The van der Waals surface area contributed by atoms with Crippen LogP contribution in [0.4, 0.5) is 5.69 Å². The van der Waals surface area contributed by atoms with E-state index in [2.05, 4.69) is 158 Å². The van der Waals surface area contributed by atoms with Crippen molar-refractivity contribution in [1.82, 2.24) is 13.7 Å². The van der Waals surface area contributed by atoms with E-state index in [4.69, 9.17) is 6.57 Å². The van der Waals surface area contributed by atoms with E-state index in [1.807, 2.05) is 42.5 Å². The summed E-state index contributed by atoms with van der Waals surface area (Å²) in [6.45, 7) is 7.78. The standard InChI is InChI=1S/C50H29N5/c1-52-34-27-28-40-38-18-4-9-24-45(38)55(48(40)30-34)46-25-11-14-33(31-51)49(46)32-13-10-15-35(29-32)53-42-21-6-5-19-39(42)41-20-12-26-47(50(41)53)54-43-22-7-2-16-36(43)37-17-3-8-23-44(37)54/h2-30H. The Kier molecular flexibility index (Phi) is 6.61. The summed E-state index contributed by atoms with van der Waals surface area (Å²) in [5.74, 6) is 0. The first-order valence-electron chi connectivity index (χ1n) is 18.3. The van der Waals surface area contributed by atoms with Crippen LogP contribution in [0.5, 0.6) is 0 Å². The zero-order valence-corrected chi connectivity index (χ0v) is 29.5. The summed E-state index contributed by atoms with van der Waals surface area (Å²) in [6, 6.07) is 63.7. The summed E-state index contributed by atoms with van der Waals surface area (Å²) in [7, 11) is 0. The van der Waals surface area contributed by atoms with Crippen LogP contribution in [0.1, 0.15) is 5.56 Å². The molecule has 55 heavy (non-hydrogen) atoms. The molecular weight excluding hydrogens is 671 g/mol. The maximum absolute atomic E-state index is 10.7. The van der Waals surface area contributed by atoms with Crippen molar-refractivity contribution in [2.24, 2.45) is 0 Å². The van der Waals surface area contributed by atoms with Gasteiger partial charge in [-0.3, -0.25) is 0 Å². The quantitative estimate of drug-likeness (QED) is 0.169. The monoisotopic (exact) mass is 699 g/mol. The van der Waals surface area contributed by atoms with Crippen LogP contribution in [-0.2, 0) is 0 Å². The first kappa shape index (κ1) is 30.7. The van der Waals surface area contributed by atoms with E-state index in [1.54, 1.807) is 0 Å². The lowest BCUT2D eigenvalue weighted by atomic mass is 9.97. The van der Waals surface area contributed by atoms with Gasteiger partial charge in [-0.05, 0) is 66.2 Å². The normalized spacial score (nSPS) is 11.6. The number of para-hydroxylation sites is 5. The van der Waals surface area contributed by atoms with Gasteiger partial charge >= 0.3 is 0 Å². The lowest BCUT2D eigenvalue weighted by Gasteiger charge is -2.18. The summed E-state index contributed by atoms with van der Waals surface area (Å²) >= 11 is 0. The minimum atomic E-state index is 0.571. The van der Waals surface area contributed by atoms with Gasteiger partial charge in [0.2, 0.25) is 0 Å². The molecule has 0 saturated carbocycles. The van der Waals surface area contributed by atoms with Crippen molar-refractivity contribution in [3.63, 3.8) is 0 Å².